The molecule has 0 aromatic carbocycles. The van der Waals surface area contributed by atoms with Crippen LogP contribution in [-0.2, 0) is 33.4 Å². The largest absolute Gasteiger partial charge is 0.481 e. The normalized spacial score (nSPS) is 40.5. The van der Waals surface area contributed by atoms with Crippen LogP contribution >= 0.6 is 0 Å². The summed E-state index contributed by atoms with van der Waals surface area (Å²) in [5, 5.41) is 9.90. The second-order valence-corrected chi connectivity index (χ2v) is 17.2. The standard InChI is InChI=1S/C20H32O4.C15H22O4/c1-6-17(2,3)16(23)24-18(4,5)20-10-13-7-14(11-20)9-19(8-13,12-20)15(21)22;1-5-14(2,3)12(16)18-10-8-6-9-11(10)19-13(17)15(9,4)7-8/h13-14H,6-12H2,1-5H3,(H,21,22);8-11H,5-7H2,1-4H3. The van der Waals surface area contributed by atoms with Gasteiger partial charge in [0.25, 0.3) is 0 Å². The van der Waals surface area contributed by atoms with Gasteiger partial charge in [0.05, 0.1) is 21.7 Å². The van der Waals surface area contributed by atoms with Crippen molar-refractivity contribution >= 4 is 23.9 Å². The van der Waals surface area contributed by atoms with Gasteiger partial charge in [0.1, 0.15) is 17.8 Å². The summed E-state index contributed by atoms with van der Waals surface area (Å²) >= 11 is 0. The lowest BCUT2D eigenvalue weighted by Crippen LogP contribution is -2.62. The lowest BCUT2D eigenvalue weighted by Gasteiger charge is -2.64. The molecule has 8 heteroatoms. The third-order valence-corrected chi connectivity index (χ3v) is 13.2. The third-order valence-electron chi connectivity index (χ3n) is 13.2. The zero-order chi connectivity index (χ0) is 32.0. The molecule has 0 aromatic heterocycles. The zero-order valence-corrected chi connectivity index (χ0v) is 27.8. The maximum Gasteiger partial charge on any atom is 0.312 e. The van der Waals surface area contributed by atoms with Crippen molar-refractivity contribution in [2.45, 2.75) is 144 Å². The molecule has 7 atom stereocenters. The van der Waals surface area contributed by atoms with Gasteiger partial charge in [0.15, 0.2) is 0 Å². The monoisotopic (exact) mass is 602 g/mol. The first-order valence-corrected chi connectivity index (χ1v) is 16.6. The lowest BCUT2D eigenvalue weighted by molar-refractivity contribution is -0.223. The van der Waals surface area contributed by atoms with Crippen LogP contribution in [-0.4, -0.2) is 46.8 Å². The third kappa shape index (κ3) is 5.01. The molecule has 1 heterocycles. The van der Waals surface area contributed by atoms with Crippen LogP contribution < -0.4 is 0 Å². The Balaban J connectivity index is 0.000000176. The Kier molecular flexibility index (Phi) is 7.66. The van der Waals surface area contributed by atoms with Gasteiger partial charge in [-0.25, -0.2) is 0 Å². The fourth-order valence-corrected chi connectivity index (χ4v) is 9.68. The second-order valence-electron chi connectivity index (χ2n) is 17.2. The molecule has 0 aromatic rings. The summed E-state index contributed by atoms with van der Waals surface area (Å²) in [4.78, 5) is 48.9. The van der Waals surface area contributed by atoms with E-state index in [9.17, 15) is 24.3 Å². The van der Waals surface area contributed by atoms with Crippen molar-refractivity contribution in [3.05, 3.63) is 0 Å². The number of carbonyl (C=O) groups excluding carboxylic acids is 3. The molecule has 6 saturated carbocycles. The number of fused-ring (bicyclic) bond motifs is 1. The van der Waals surface area contributed by atoms with E-state index in [2.05, 4.69) is 0 Å². The first kappa shape index (κ1) is 32.3. The van der Waals surface area contributed by atoms with Crippen LogP contribution in [0.15, 0.2) is 0 Å². The van der Waals surface area contributed by atoms with Gasteiger partial charge in [-0.2, -0.15) is 0 Å². The van der Waals surface area contributed by atoms with Gasteiger partial charge < -0.3 is 19.3 Å². The molecule has 8 nitrogen and oxygen atoms in total. The number of carbonyl (C=O) groups is 4. The molecule has 1 aliphatic heterocycles. The first-order valence-electron chi connectivity index (χ1n) is 16.6. The molecule has 242 valence electrons. The molecular weight excluding hydrogens is 548 g/mol. The summed E-state index contributed by atoms with van der Waals surface area (Å²) in [5.41, 5.74) is -2.67. The summed E-state index contributed by atoms with van der Waals surface area (Å²) in [6, 6.07) is 0. The van der Waals surface area contributed by atoms with Crippen LogP contribution in [0.25, 0.3) is 0 Å². The van der Waals surface area contributed by atoms with Crippen molar-refractivity contribution < 1.29 is 38.5 Å². The van der Waals surface area contributed by atoms with Crippen molar-refractivity contribution in [1.82, 2.24) is 0 Å². The Morgan fingerprint density at radius 3 is 1.98 bits per heavy atom. The smallest absolute Gasteiger partial charge is 0.312 e. The van der Waals surface area contributed by atoms with Crippen LogP contribution in [0, 0.1) is 50.7 Å². The second kappa shape index (κ2) is 10.2. The Bertz CT molecular complexity index is 1170. The molecule has 0 amide bonds. The quantitative estimate of drug-likeness (QED) is 0.240. The molecular formula is C35H54O8. The molecule has 6 aliphatic carbocycles. The number of aliphatic carboxylic acids is 1. The van der Waals surface area contributed by atoms with Gasteiger partial charge >= 0.3 is 23.9 Å². The minimum Gasteiger partial charge on any atom is -0.481 e. The Labute approximate surface area is 257 Å². The molecule has 7 fully saturated rings. The molecule has 1 N–H and O–H groups in total. The van der Waals surface area contributed by atoms with E-state index < -0.39 is 27.8 Å². The van der Waals surface area contributed by atoms with Gasteiger partial charge in [0, 0.05) is 17.3 Å². The zero-order valence-electron chi connectivity index (χ0n) is 27.8. The molecule has 1 saturated heterocycles. The molecule has 0 spiro atoms. The van der Waals surface area contributed by atoms with E-state index in [1.165, 1.54) is 0 Å². The lowest BCUT2D eigenvalue weighted by atomic mass is 9.41. The summed E-state index contributed by atoms with van der Waals surface area (Å²) in [5.74, 6) is 0.414. The van der Waals surface area contributed by atoms with Gasteiger partial charge in [-0.1, -0.05) is 13.8 Å². The van der Waals surface area contributed by atoms with Crippen LogP contribution in [0.3, 0.4) is 0 Å². The van der Waals surface area contributed by atoms with E-state index >= 15 is 0 Å². The molecule has 6 bridgehead atoms. The van der Waals surface area contributed by atoms with E-state index in [1.807, 2.05) is 62.3 Å². The Hall–Kier alpha value is -2.12. The number of carboxylic acids is 1. The fraction of sp³-hybridized carbons (Fsp3) is 0.886. The highest BCUT2D eigenvalue weighted by molar-refractivity contribution is 5.81. The average molecular weight is 603 g/mol. The summed E-state index contributed by atoms with van der Waals surface area (Å²) in [6.45, 7) is 17.6. The summed E-state index contributed by atoms with van der Waals surface area (Å²) < 4.78 is 17.3. The van der Waals surface area contributed by atoms with Gasteiger partial charge in [-0.3, -0.25) is 19.2 Å². The molecule has 7 rings (SSSR count). The minimum absolute atomic E-state index is 0.0988. The molecule has 7 unspecified atom stereocenters. The highest BCUT2D eigenvalue weighted by atomic mass is 16.6. The fourth-order valence-electron chi connectivity index (χ4n) is 9.68. The van der Waals surface area contributed by atoms with Crippen molar-refractivity contribution in [2.75, 3.05) is 0 Å². The first-order chi connectivity index (χ1) is 19.7. The van der Waals surface area contributed by atoms with Crippen LogP contribution in [0.5, 0.6) is 0 Å². The van der Waals surface area contributed by atoms with Crippen molar-refractivity contribution in [3.63, 3.8) is 0 Å². The number of carboxylic acid groups (broad SMARTS) is 1. The Morgan fingerprint density at radius 2 is 1.44 bits per heavy atom. The maximum atomic E-state index is 12.7. The topological polar surface area (TPSA) is 116 Å². The van der Waals surface area contributed by atoms with Crippen molar-refractivity contribution in [1.29, 1.82) is 0 Å². The number of rotatable bonds is 8. The van der Waals surface area contributed by atoms with E-state index in [-0.39, 0.29) is 46.9 Å². The highest BCUT2D eigenvalue weighted by Crippen LogP contribution is 2.69. The molecule has 0 radical (unpaired) electrons. The van der Waals surface area contributed by atoms with E-state index in [1.54, 1.807) is 0 Å². The molecule has 43 heavy (non-hydrogen) atoms. The van der Waals surface area contributed by atoms with Gasteiger partial charge in [0.2, 0.25) is 0 Å². The summed E-state index contributed by atoms with van der Waals surface area (Å²) in [6.07, 6.45) is 8.27. The number of esters is 3. The number of hydrogen-bond acceptors (Lipinski definition) is 7. The predicted octanol–water partition coefficient (Wildman–Crippen LogP) is 6.72. The van der Waals surface area contributed by atoms with Gasteiger partial charge in [-0.15, -0.1) is 0 Å². The average Bonchev–Trinajstić information content (AvgIpc) is 3.48. The van der Waals surface area contributed by atoms with Crippen molar-refractivity contribution in [3.8, 4) is 0 Å². The predicted molar refractivity (Wildman–Crippen MR) is 160 cm³/mol. The van der Waals surface area contributed by atoms with Crippen LogP contribution in [0.4, 0.5) is 0 Å². The maximum absolute atomic E-state index is 12.7. The highest BCUT2D eigenvalue weighted by Gasteiger charge is 2.70. The minimum atomic E-state index is -0.642. The van der Waals surface area contributed by atoms with E-state index in [0.717, 1.165) is 57.8 Å². The summed E-state index contributed by atoms with van der Waals surface area (Å²) in [7, 11) is 0. The SMILES string of the molecule is CCC(C)(C)C(=O)OC(C)(C)C12CC3CC(CC(C(=O)O)(C3)C1)C2.CCC(C)(C)C(=O)OC1C2CC3C1OC(=O)C3(C)C2. The van der Waals surface area contributed by atoms with E-state index in [4.69, 9.17) is 14.2 Å². The Morgan fingerprint density at radius 1 is 0.884 bits per heavy atom. The van der Waals surface area contributed by atoms with Crippen LogP contribution in [0.2, 0.25) is 0 Å². The van der Waals surface area contributed by atoms with Gasteiger partial charge in [-0.05, 0) is 125 Å². The molecule has 7 aliphatic rings. The van der Waals surface area contributed by atoms with E-state index in [0.29, 0.717) is 24.2 Å². The van der Waals surface area contributed by atoms with Crippen molar-refractivity contribution in [2.24, 2.45) is 50.7 Å². The number of ether oxygens (including phenoxy) is 3. The van der Waals surface area contributed by atoms with Crippen LogP contribution in [0.1, 0.15) is 127 Å². The number of hydrogen-bond donors (Lipinski definition) is 1.